The molecule has 0 saturated carbocycles. The predicted molar refractivity (Wildman–Crippen MR) is 90.2 cm³/mol. The lowest BCUT2D eigenvalue weighted by molar-refractivity contribution is -0.387. The first-order chi connectivity index (χ1) is 11.5. The van der Waals surface area contributed by atoms with E-state index in [2.05, 4.69) is 0 Å². The SMILES string of the molecule is O=[N+]([O-])c1ccccc1S(=O)(=O)N1CCC[C@@H]1Cc1ccccc1. The van der Waals surface area contributed by atoms with Crippen LogP contribution >= 0.6 is 0 Å². The van der Waals surface area contributed by atoms with Gasteiger partial charge in [0, 0.05) is 18.7 Å². The van der Waals surface area contributed by atoms with Crippen molar-refractivity contribution >= 4 is 15.7 Å². The molecule has 0 amide bonds. The van der Waals surface area contributed by atoms with Crippen molar-refractivity contribution in [1.82, 2.24) is 4.31 Å². The highest BCUT2D eigenvalue weighted by atomic mass is 32.2. The Labute approximate surface area is 140 Å². The molecule has 3 rings (SSSR count). The monoisotopic (exact) mass is 346 g/mol. The van der Waals surface area contributed by atoms with Crippen LogP contribution in [0.15, 0.2) is 59.5 Å². The second-order valence-electron chi connectivity index (χ2n) is 5.83. The summed E-state index contributed by atoms with van der Waals surface area (Å²) in [5.74, 6) is 0. The summed E-state index contributed by atoms with van der Waals surface area (Å²) in [5.41, 5.74) is 0.690. The first-order valence-electron chi connectivity index (χ1n) is 7.79. The van der Waals surface area contributed by atoms with Crippen LogP contribution in [0.5, 0.6) is 0 Å². The van der Waals surface area contributed by atoms with Crippen molar-refractivity contribution in [2.24, 2.45) is 0 Å². The summed E-state index contributed by atoms with van der Waals surface area (Å²) in [5, 5.41) is 11.2. The minimum absolute atomic E-state index is 0.169. The lowest BCUT2D eigenvalue weighted by atomic mass is 10.1. The fourth-order valence-electron chi connectivity index (χ4n) is 3.17. The van der Waals surface area contributed by atoms with E-state index in [0.717, 1.165) is 18.4 Å². The standard InChI is InChI=1S/C17H18N2O4S/c20-19(21)16-10-4-5-11-17(16)24(22,23)18-12-6-9-15(18)13-14-7-2-1-3-8-14/h1-5,7-8,10-11,15H,6,9,12-13H2/t15-/m1/s1. The van der Waals surface area contributed by atoms with E-state index in [0.29, 0.717) is 13.0 Å². The zero-order valence-electron chi connectivity index (χ0n) is 13.0. The van der Waals surface area contributed by atoms with Gasteiger partial charge in [-0.25, -0.2) is 8.42 Å². The molecule has 2 aromatic rings. The highest BCUT2D eigenvalue weighted by Crippen LogP contribution is 2.32. The Morgan fingerprint density at radius 2 is 1.75 bits per heavy atom. The number of rotatable bonds is 5. The van der Waals surface area contributed by atoms with Crippen molar-refractivity contribution in [2.45, 2.75) is 30.2 Å². The van der Waals surface area contributed by atoms with Crippen LogP contribution in [-0.4, -0.2) is 30.2 Å². The molecule has 1 heterocycles. The van der Waals surface area contributed by atoms with Crippen LogP contribution in [0, 0.1) is 10.1 Å². The van der Waals surface area contributed by atoms with E-state index < -0.39 is 14.9 Å². The second-order valence-corrected chi connectivity index (χ2v) is 7.69. The predicted octanol–water partition coefficient (Wildman–Crippen LogP) is 2.99. The summed E-state index contributed by atoms with van der Waals surface area (Å²) in [6.07, 6.45) is 2.13. The van der Waals surface area contributed by atoms with Gasteiger partial charge in [-0.3, -0.25) is 10.1 Å². The molecule has 0 spiro atoms. The Morgan fingerprint density at radius 3 is 2.46 bits per heavy atom. The van der Waals surface area contributed by atoms with Gasteiger partial charge >= 0.3 is 0 Å². The van der Waals surface area contributed by atoms with E-state index >= 15 is 0 Å². The van der Waals surface area contributed by atoms with Gasteiger partial charge in [0.15, 0.2) is 4.90 Å². The minimum atomic E-state index is -3.89. The van der Waals surface area contributed by atoms with Crippen molar-refractivity contribution in [3.8, 4) is 0 Å². The van der Waals surface area contributed by atoms with E-state index in [4.69, 9.17) is 0 Å². The van der Waals surface area contributed by atoms with Crippen LogP contribution < -0.4 is 0 Å². The van der Waals surface area contributed by atoms with E-state index in [-0.39, 0.29) is 16.6 Å². The number of benzene rings is 2. The number of nitro groups is 1. The molecule has 0 unspecified atom stereocenters. The topological polar surface area (TPSA) is 80.5 Å². The van der Waals surface area contributed by atoms with Crippen LogP contribution in [0.1, 0.15) is 18.4 Å². The maximum atomic E-state index is 13.0. The lowest BCUT2D eigenvalue weighted by Crippen LogP contribution is -2.37. The summed E-state index contributed by atoms with van der Waals surface area (Å²) >= 11 is 0. The third-order valence-corrected chi connectivity index (χ3v) is 6.29. The van der Waals surface area contributed by atoms with Crippen molar-refractivity contribution in [3.63, 3.8) is 0 Å². The normalized spacial score (nSPS) is 18.6. The number of nitro benzene ring substituents is 1. The highest BCUT2D eigenvalue weighted by molar-refractivity contribution is 7.89. The van der Waals surface area contributed by atoms with Gasteiger partial charge in [0.2, 0.25) is 10.0 Å². The number of hydrogen-bond donors (Lipinski definition) is 0. The van der Waals surface area contributed by atoms with Crippen LogP contribution in [0.4, 0.5) is 5.69 Å². The molecule has 1 aliphatic rings. The number of nitrogens with zero attached hydrogens (tertiary/aromatic N) is 2. The van der Waals surface area contributed by atoms with Gasteiger partial charge in [-0.15, -0.1) is 0 Å². The first-order valence-corrected chi connectivity index (χ1v) is 9.23. The summed E-state index contributed by atoms with van der Waals surface area (Å²) in [4.78, 5) is 10.3. The molecular formula is C17H18N2O4S. The smallest absolute Gasteiger partial charge is 0.258 e. The molecule has 126 valence electrons. The van der Waals surface area contributed by atoms with Crippen molar-refractivity contribution in [1.29, 1.82) is 0 Å². The van der Waals surface area contributed by atoms with Crippen molar-refractivity contribution < 1.29 is 13.3 Å². The van der Waals surface area contributed by atoms with E-state index in [1.54, 1.807) is 0 Å². The average Bonchev–Trinajstić information content (AvgIpc) is 3.04. The van der Waals surface area contributed by atoms with E-state index in [9.17, 15) is 18.5 Å². The molecule has 0 aliphatic carbocycles. The fraction of sp³-hybridized carbons (Fsp3) is 0.294. The maximum Gasteiger partial charge on any atom is 0.289 e. The van der Waals surface area contributed by atoms with Gasteiger partial charge in [-0.05, 0) is 30.9 Å². The third kappa shape index (κ3) is 3.18. The lowest BCUT2D eigenvalue weighted by Gasteiger charge is -2.24. The Morgan fingerprint density at radius 1 is 1.08 bits per heavy atom. The maximum absolute atomic E-state index is 13.0. The molecule has 1 aliphatic heterocycles. The minimum Gasteiger partial charge on any atom is -0.258 e. The molecule has 24 heavy (non-hydrogen) atoms. The Kier molecular flexibility index (Phi) is 4.64. The summed E-state index contributed by atoms with van der Waals surface area (Å²) < 4.78 is 27.4. The number of hydrogen-bond acceptors (Lipinski definition) is 4. The van der Waals surface area contributed by atoms with E-state index in [1.807, 2.05) is 30.3 Å². The number of para-hydroxylation sites is 1. The molecule has 0 N–H and O–H groups in total. The molecule has 0 radical (unpaired) electrons. The van der Waals surface area contributed by atoms with Crippen molar-refractivity contribution in [3.05, 3.63) is 70.3 Å². The molecule has 2 aromatic carbocycles. The molecule has 1 saturated heterocycles. The van der Waals surface area contributed by atoms with Gasteiger partial charge in [-0.1, -0.05) is 42.5 Å². The second kappa shape index (κ2) is 6.70. The van der Waals surface area contributed by atoms with Crippen LogP contribution in [0.25, 0.3) is 0 Å². The molecule has 1 atom stereocenters. The Hall–Kier alpha value is -2.25. The van der Waals surface area contributed by atoms with E-state index in [1.165, 1.54) is 28.6 Å². The summed E-state index contributed by atoms with van der Waals surface area (Å²) in [6, 6.07) is 15.1. The Balaban J connectivity index is 1.93. The molecule has 6 nitrogen and oxygen atoms in total. The third-order valence-electron chi connectivity index (χ3n) is 4.29. The zero-order chi connectivity index (χ0) is 17.2. The molecule has 0 aromatic heterocycles. The zero-order valence-corrected chi connectivity index (χ0v) is 13.9. The van der Waals surface area contributed by atoms with Gasteiger partial charge in [0.1, 0.15) is 0 Å². The number of sulfonamides is 1. The summed E-state index contributed by atoms with van der Waals surface area (Å²) in [7, 11) is -3.89. The van der Waals surface area contributed by atoms with Gasteiger partial charge < -0.3 is 0 Å². The van der Waals surface area contributed by atoms with Gasteiger partial charge in [0.25, 0.3) is 5.69 Å². The Bertz CT molecular complexity index is 837. The molecule has 0 bridgehead atoms. The highest BCUT2D eigenvalue weighted by Gasteiger charge is 2.38. The van der Waals surface area contributed by atoms with Crippen LogP contribution in [0.3, 0.4) is 0 Å². The van der Waals surface area contributed by atoms with Gasteiger partial charge in [0.05, 0.1) is 4.92 Å². The van der Waals surface area contributed by atoms with Crippen molar-refractivity contribution in [2.75, 3.05) is 6.54 Å². The molecular weight excluding hydrogens is 328 g/mol. The first kappa shape index (κ1) is 16.6. The molecule has 7 heteroatoms. The molecule has 1 fully saturated rings. The van der Waals surface area contributed by atoms with Crippen LogP contribution in [-0.2, 0) is 16.4 Å². The van der Waals surface area contributed by atoms with Gasteiger partial charge in [-0.2, -0.15) is 4.31 Å². The summed E-state index contributed by atoms with van der Waals surface area (Å²) in [6.45, 7) is 0.395. The average molecular weight is 346 g/mol. The largest absolute Gasteiger partial charge is 0.289 e. The fourth-order valence-corrected chi connectivity index (χ4v) is 5.02. The quantitative estimate of drug-likeness (QED) is 0.616. The van der Waals surface area contributed by atoms with Crippen LogP contribution in [0.2, 0.25) is 0 Å².